The summed E-state index contributed by atoms with van der Waals surface area (Å²) in [5.74, 6) is 0.669. The number of carbonyl (C=O) groups excluding carboxylic acids is 1. The van der Waals surface area contributed by atoms with E-state index in [9.17, 15) is 9.18 Å². The molecule has 0 aromatic heterocycles. The first-order chi connectivity index (χ1) is 12.3. The van der Waals surface area contributed by atoms with Crippen molar-refractivity contribution in [3.63, 3.8) is 0 Å². The van der Waals surface area contributed by atoms with E-state index in [4.69, 9.17) is 9.47 Å². The highest BCUT2D eigenvalue weighted by Crippen LogP contribution is 2.44. The van der Waals surface area contributed by atoms with Crippen molar-refractivity contribution in [2.45, 2.75) is 38.8 Å². The van der Waals surface area contributed by atoms with Crippen LogP contribution in [0.15, 0.2) is 16.6 Å². The molecule has 0 spiro atoms. The zero-order valence-electron chi connectivity index (χ0n) is 15.1. The number of ether oxygens (including phenoxy) is 2. The zero-order valence-corrected chi connectivity index (χ0v) is 16.6. The Bertz CT molecular complexity index is 719. The molecule has 3 saturated heterocycles. The number of alkyl carbamates (subject to hydrolysis) is 1. The molecule has 26 heavy (non-hydrogen) atoms. The number of fused-ring (bicyclic) bond motifs is 4. The lowest BCUT2D eigenvalue weighted by atomic mass is 9.79. The molecule has 1 N–H and O–H groups in total. The summed E-state index contributed by atoms with van der Waals surface area (Å²) in [4.78, 5) is 15.0. The summed E-state index contributed by atoms with van der Waals surface area (Å²) in [5.41, 5.74) is 0.272. The molecule has 3 fully saturated rings. The quantitative estimate of drug-likeness (QED) is 0.779. The van der Waals surface area contributed by atoms with E-state index >= 15 is 0 Å². The molecular weight excluding hydrogens is 403 g/mol. The van der Waals surface area contributed by atoms with Gasteiger partial charge in [-0.3, -0.25) is 4.90 Å². The molecular formula is C19H24BrFN2O3. The largest absolute Gasteiger partial charge is 0.493 e. The third kappa shape index (κ3) is 3.31. The van der Waals surface area contributed by atoms with Crippen LogP contribution in [-0.4, -0.2) is 43.3 Å². The lowest BCUT2D eigenvalue weighted by molar-refractivity contribution is -0.0361. The molecule has 5 rings (SSSR count). The van der Waals surface area contributed by atoms with E-state index in [1.54, 1.807) is 6.07 Å². The third-order valence-electron chi connectivity index (χ3n) is 5.86. The minimum absolute atomic E-state index is 0.0541. The first-order valence-electron chi connectivity index (χ1n) is 9.15. The van der Waals surface area contributed by atoms with Crippen LogP contribution in [0.3, 0.4) is 0 Å². The van der Waals surface area contributed by atoms with Crippen molar-refractivity contribution in [3.05, 3.63) is 28.0 Å². The number of rotatable bonds is 2. The predicted molar refractivity (Wildman–Crippen MR) is 98.7 cm³/mol. The van der Waals surface area contributed by atoms with E-state index in [2.05, 4.69) is 26.1 Å². The highest BCUT2D eigenvalue weighted by molar-refractivity contribution is 9.10. The fourth-order valence-corrected chi connectivity index (χ4v) is 4.59. The normalized spacial score (nSPS) is 31.7. The van der Waals surface area contributed by atoms with Crippen molar-refractivity contribution in [1.29, 1.82) is 0 Å². The maximum atomic E-state index is 14.1. The molecule has 7 heteroatoms. The van der Waals surface area contributed by atoms with E-state index in [1.807, 2.05) is 13.8 Å². The topological polar surface area (TPSA) is 50.8 Å². The van der Waals surface area contributed by atoms with Gasteiger partial charge in [0.15, 0.2) is 0 Å². The van der Waals surface area contributed by atoms with Crippen LogP contribution in [0.5, 0.6) is 5.75 Å². The molecule has 4 aliphatic heterocycles. The maximum absolute atomic E-state index is 14.1. The number of piperidine rings is 3. The molecule has 2 atom stereocenters. The van der Waals surface area contributed by atoms with Gasteiger partial charge in [0.25, 0.3) is 0 Å². The van der Waals surface area contributed by atoms with E-state index in [0.29, 0.717) is 28.3 Å². The van der Waals surface area contributed by atoms with Gasteiger partial charge in [-0.1, -0.05) is 13.8 Å². The number of carbonyl (C=O) groups is 1. The zero-order chi connectivity index (χ0) is 18.5. The molecule has 0 radical (unpaired) electrons. The number of halogens is 2. The summed E-state index contributed by atoms with van der Waals surface area (Å²) in [7, 11) is 0. The fourth-order valence-electron chi connectivity index (χ4n) is 4.27. The Balaban J connectivity index is 1.51. The Morgan fingerprint density at radius 1 is 1.38 bits per heavy atom. The van der Waals surface area contributed by atoms with Crippen LogP contribution in [-0.2, 0) is 4.74 Å². The van der Waals surface area contributed by atoms with Crippen molar-refractivity contribution in [2.24, 2.45) is 11.3 Å². The van der Waals surface area contributed by atoms with Gasteiger partial charge < -0.3 is 14.8 Å². The maximum Gasteiger partial charge on any atom is 0.407 e. The first-order valence-corrected chi connectivity index (χ1v) is 9.94. The Hall–Kier alpha value is -1.34. The average Bonchev–Trinajstić information content (AvgIpc) is 2.60. The van der Waals surface area contributed by atoms with Crippen molar-refractivity contribution >= 4 is 22.0 Å². The Kier molecular flexibility index (Phi) is 4.63. The molecule has 1 aromatic rings. The first kappa shape index (κ1) is 18.0. The van der Waals surface area contributed by atoms with Gasteiger partial charge in [0, 0.05) is 17.5 Å². The van der Waals surface area contributed by atoms with Crippen LogP contribution >= 0.6 is 15.9 Å². The lowest BCUT2D eigenvalue weighted by Crippen LogP contribution is -2.53. The third-order valence-corrected chi connectivity index (χ3v) is 6.47. The second kappa shape index (κ2) is 6.68. The van der Waals surface area contributed by atoms with E-state index in [1.165, 1.54) is 6.07 Å². The van der Waals surface area contributed by atoms with Crippen LogP contribution in [0.1, 0.15) is 38.3 Å². The molecule has 1 unspecified atom stereocenters. The van der Waals surface area contributed by atoms with Crippen LogP contribution in [0.2, 0.25) is 0 Å². The number of amides is 1. The highest BCUT2D eigenvalue weighted by atomic mass is 79.9. The number of hydrogen-bond acceptors (Lipinski definition) is 4. The van der Waals surface area contributed by atoms with Gasteiger partial charge >= 0.3 is 6.09 Å². The molecule has 0 saturated carbocycles. The van der Waals surface area contributed by atoms with Crippen molar-refractivity contribution < 1.29 is 18.7 Å². The average molecular weight is 427 g/mol. The summed E-state index contributed by atoms with van der Waals surface area (Å²) in [6.45, 7) is 7.43. The SMILES string of the molecule is CC1(C)COc2cc(Br)c(F)cc2C1NC(=O)O[C@@H]1CN2CCC1CC2. The minimum atomic E-state index is -0.432. The smallest absolute Gasteiger partial charge is 0.407 e. The molecule has 4 heterocycles. The Morgan fingerprint density at radius 3 is 2.77 bits per heavy atom. The molecule has 2 bridgehead atoms. The highest BCUT2D eigenvalue weighted by Gasteiger charge is 2.41. The van der Waals surface area contributed by atoms with Crippen molar-refractivity contribution in [2.75, 3.05) is 26.2 Å². The summed E-state index contributed by atoms with van der Waals surface area (Å²) in [6.07, 6.45) is 1.69. The minimum Gasteiger partial charge on any atom is -0.493 e. The molecule has 5 nitrogen and oxygen atoms in total. The monoisotopic (exact) mass is 426 g/mol. The van der Waals surface area contributed by atoms with Gasteiger partial charge in [0.1, 0.15) is 17.7 Å². The van der Waals surface area contributed by atoms with Crippen LogP contribution in [0, 0.1) is 17.2 Å². The standard InChI is InChI=1S/C19H24BrFN2O3/c1-19(2)10-25-15-8-13(20)14(21)7-12(15)17(19)22-18(24)26-16-9-23-5-3-11(16)4-6-23/h7-8,11,16-17H,3-6,9-10H2,1-2H3,(H,22,24)/t16-,17?/m1/s1. The molecule has 0 aliphatic carbocycles. The van der Waals surface area contributed by atoms with Gasteiger partial charge in [-0.2, -0.15) is 0 Å². The summed E-state index contributed by atoms with van der Waals surface area (Å²) in [6, 6.07) is 2.68. The number of hydrogen-bond donors (Lipinski definition) is 1. The summed E-state index contributed by atoms with van der Waals surface area (Å²) >= 11 is 3.19. The Labute approximate surface area is 161 Å². The Morgan fingerprint density at radius 2 is 2.12 bits per heavy atom. The van der Waals surface area contributed by atoms with Crippen molar-refractivity contribution in [3.8, 4) is 5.75 Å². The van der Waals surface area contributed by atoms with E-state index in [0.717, 1.165) is 32.5 Å². The second-order valence-corrected chi connectivity index (χ2v) is 9.09. The van der Waals surface area contributed by atoms with E-state index in [-0.39, 0.29) is 23.4 Å². The van der Waals surface area contributed by atoms with Crippen molar-refractivity contribution in [1.82, 2.24) is 10.2 Å². The van der Waals surface area contributed by atoms with Gasteiger partial charge in [0.2, 0.25) is 0 Å². The predicted octanol–water partition coefficient (Wildman–Crippen LogP) is 3.87. The molecule has 142 valence electrons. The van der Waals surface area contributed by atoms with E-state index < -0.39 is 6.09 Å². The van der Waals surface area contributed by atoms with Gasteiger partial charge in [-0.05, 0) is 59.9 Å². The fraction of sp³-hybridized carbons (Fsp3) is 0.632. The summed E-state index contributed by atoms with van der Waals surface area (Å²) < 4.78 is 26.0. The number of nitrogens with one attached hydrogen (secondary N) is 1. The number of nitrogens with zero attached hydrogens (tertiary/aromatic N) is 1. The van der Waals surface area contributed by atoms with Gasteiger partial charge in [0.05, 0.1) is 17.1 Å². The van der Waals surface area contributed by atoms with Crippen LogP contribution in [0.4, 0.5) is 9.18 Å². The van der Waals surface area contributed by atoms with Crippen LogP contribution in [0.25, 0.3) is 0 Å². The summed E-state index contributed by atoms with van der Waals surface area (Å²) in [5, 5.41) is 2.98. The number of benzene rings is 1. The van der Waals surface area contributed by atoms with Crippen LogP contribution < -0.4 is 10.1 Å². The molecule has 1 amide bonds. The molecule has 4 aliphatic rings. The molecule has 1 aromatic carbocycles. The van der Waals surface area contributed by atoms with Gasteiger partial charge in [-0.25, -0.2) is 9.18 Å². The second-order valence-electron chi connectivity index (χ2n) is 8.24. The van der Waals surface area contributed by atoms with Gasteiger partial charge in [-0.15, -0.1) is 0 Å². The lowest BCUT2D eigenvalue weighted by Gasteiger charge is -2.44.